The van der Waals surface area contributed by atoms with Gasteiger partial charge in [-0.15, -0.1) is 0 Å². The summed E-state index contributed by atoms with van der Waals surface area (Å²) in [5, 5.41) is 0. The number of fused-ring (bicyclic) bond motifs is 1. The summed E-state index contributed by atoms with van der Waals surface area (Å²) in [6.45, 7) is 0. The van der Waals surface area contributed by atoms with E-state index in [-0.39, 0.29) is 5.82 Å². The van der Waals surface area contributed by atoms with Gasteiger partial charge in [-0.2, -0.15) is 0 Å². The van der Waals surface area contributed by atoms with Gasteiger partial charge in [-0.25, -0.2) is 4.39 Å². The van der Waals surface area contributed by atoms with E-state index in [2.05, 4.69) is 11.1 Å². The van der Waals surface area contributed by atoms with Crippen LogP contribution in [0.15, 0.2) is 42.7 Å². The van der Waals surface area contributed by atoms with Gasteiger partial charge in [0.2, 0.25) is 0 Å². The van der Waals surface area contributed by atoms with Crippen molar-refractivity contribution in [3.8, 4) is 0 Å². The summed E-state index contributed by atoms with van der Waals surface area (Å²) in [5.41, 5.74) is 4.63. The fraction of sp³-hybridized carbons (Fsp3) is 0.133. The van der Waals surface area contributed by atoms with Crippen molar-refractivity contribution in [2.45, 2.75) is 12.8 Å². The fourth-order valence-corrected chi connectivity index (χ4v) is 2.28. The highest BCUT2D eigenvalue weighted by Crippen LogP contribution is 2.33. The Morgan fingerprint density at radius 2 is 1.88 bits per heavy atom. The molecule has 1 heterocycles. The average Bonchev–Trinajstić information content (AvgIpc) is 2.73. The van der Waals surface area contributed by atoms with Gasteiger partial charge in [0.1, 0.15) is 5.82 Å². The Bertz CT molecular complexity index is 573. The van der Waals surface area contributed by atoms with E-state index in [0.717, 1.165) is 24.0 Å². The first-order chi connectivity index (χ1) is 8.33. The highest BCUT2D eigenvalue weighted by molar-refractivity contribution is 5.85. The Balaban J connectivity index is 2.04. The maximum absolute atomic E-state index is 13.2. The Kier molecular flexibility index (Phi) is 2.48. The van der Waals surface area contributed by atoms with Crippen molar-refractivity contribution in [1.29, 1.82) is 0 Å². The van der Waals surface area contributed by atoms with Crippen molar-refractivity contribution in [3.05, 3.63) is 65.2 Å². The zero-order valence-electron chi connectivity index (χ0n) is 9.36. The molecule has 3 rings (SSSR count). The Hall–Kier alpha value is -1.96. The van der Waals surface area contributed by atoms with Crippen molar-refractivity contribution in [2.24, 2.45) is 0 Å². The molecule has 0 N–H and O–H groups in total. The molecule has 1 aromatic carbocycles. The fourth-order valence-electron chi connectivity index (χ4n) is 2.28. The van der Waals surface area contributed by atoms with E-state index < -0.39 is 0 Å². The first kappa shape index (κ1) is 10.2. The van der Waals surface area contributed by atoms with E-state index in [1.165, 1.54) is 17.2 Å². The van der Waals surface area contributed by atoms with Crippen LogP contribution in [0.2, 0.25) is 0 Å². The lowest BCUT2D eigenvalue weighted by molar-refractivity contribution is 0.627. The van der Waals surface area contributed by atoms with Crippen LogP contribution in [0.25, 0.3) is 11.6 Å². The van der Waals surface area contributed by atoms with E-state index in [4.69, 9.17) is 0 Å². The molecule has 0 spiro atoms. The third-order valence-electron chi connectivity index (χ3n) is 3.13. The molecule has 0 amide bonds. The maximum Gasteiger partial charge on any atom is 0.123 e. The molecule has 1 aliphatic rings. The van der Waals surface area contributed by atoms with Gasteiger partial charge < -0.3 is 0 Å². The Morgan fingerprint density at radius 3 is 2.71 bits per heavy atom. The second-order valence-electron chi connectivity index (χ2n) is 4.25. The summed E-state index contributed by atoms with van der Waals surface area (Å²) in [4.78, 5) is 3.99. The van der Waals surface area contributed by atoms with E-state index in [1.807, 2.05) is 18.2 Å². The second kappa shape index (κ2) is 4.13. The number of hydrogen-bond acceptors (Lipinski definition) is 1. The predicted octanol–water partition coefficient (Wildman–Crippen LogP) is 3.71. The second-order valence-corrected chi connectivity index (χ2v) is 4.25. The van der Waals surface area contributed by atoms with E-state index in [9.17, 15) is 4.39 Å². The van der Waals surface area contributed by atoms with Crippen LogP contribution in [0.5, 0.6) is 0 Å². The standard InChI is InChI=1S/C15H12FN/c16-14-4-3-12-1-2-13(15(12)10-14)9-11-5-7-17-8-6-11/h3-10H,1-2H2/b13-9+. The van der Waals surface area contributed by atoms with Gasteiger partial charge in [-0.05, 0) is 59.4 Å². The van der Waals surface area contributed by atoms with Crippen molar-refractivity contribution < 1.29 is 4.39 Å². The summed E-state index contributed by atoms with van der Waals surface area (Å²) in [6, 6.07) is 8.98. The third kappa shape index (κ3) is 1.98. The minimum Gasteiger partial charge on any atom is -0.265 e. The van der Waals surface area contributed by atoms with Gasteiger partial charge in [0.15, 0.2) is 0 Å². The number of halogens is 1. The summed E-state index contributed by atoms with van der Waals surface area (Å²) in [7, 11) is 0. The lowest BCUT2D eigenvalue weighted by Crippen LogP contribution is -1.83. The molecule has 0 atom stereocenters. The van der Waals surface area contributed by atoms with Crippen LogP contribution in [0.4, 0.5) is 4.39 Å². The number of aryl methyl sites for hydroxylation is 1. The van der Waals surface area contributed by atoms with Crippen molar-refractivity contribution in [3.63, 3.8) is 0 Å². The first-order valence-electron chi connectivity index (χ1n) is 5.72. The van der Waals surface area contributed by atoms with Crippen molar-refractivity contribution in [1.82, 2.24) is 4.98 Å². The molecule has 0 saturated heterocycles. The largest absolute Gasteiger partial charge is 0.265 e. The van der Waals surface area contributed by atoms with Gasteiger partial charge >= 0.3 is 0 Å². The van der Waals surface area contributed by atoms with E-state index in [1.54, 1.807) is 18.5 Å². The highest BCUT2D eigenvalue weighted by atomic mass is 19.1. The normalized spacial score (nSPS) is 16.2. The highest BCUT2D eigenvalue weighted by Gasteiger charge is 2.16. The van der Waals surface area contributed by atoms with E-state index >= 15 is 0 Å². The van der Waals surface area contributed by atoms with Crippen LogP contribution in [-0.2, 0) is 6.42 Å². The Morgan fingerprint density at radius 1 is 1.06 bits per heavy atom. The number of nitrogens with zero attached hydrogens (tertiary/aromatic N) is 1. The van der Waals surface area contributed by atoms with Crippen LogP contribution < -0.4 is 0 Å². The van der Waals surface area contributed by atoms with Gasteiger partial charge in [0, 0.05) is 12.4 Å². The third-order valence-corrected chi connectivity index (χ3v) is 3.13. The smallest absolute Gasteiger partial charge is 0.123 e. The molecule has 0 radical (unpaired) electrons. The first-order valence-corrected chi connectivity index (χ1v) is 5.72. The molecular weight excluding hydrogens is 213 g/mol. The molecule has 0 aliphatic heterocycles. The molecule has 84 valence electrons. The molecule has 0 fully saturated rings. The van der Waals surface area contributed by atoms with Crippen LogP contribution in [-0.4, -0.2) is 4.98 Å². The molecule has 0 saturated carbocycles. The van der Waals surface area contributed by atoms with Gasteiger partial charge in [0.25, 0.3) is 0 Å². The van der Waals surface area contributed by atoms with Crippen molar-refractivity contribution in [2.75, 3.05) is 0 Å². The molecular formula is C15H12FN. The number of pyridine rings is 1. The van der Waals surface area contributed by atoms with Crippen LogP contribution in [0.1, 0.15) is 23.1 Å². The number of benzene rings is 1. The molecule has 2 aromatic rings. The van der Waals surface area contributed by atoms with Gasteiger partial charge in [-0.3, -0.25) is 4.98 Å². The van der Waals surface area contributed by atoms with E-state index in [0.29, 0.717) is 0 Å². The van der Waals surface area contributed by atoms with Crippen LogP contribution in [0, 0.1) is 5.82 Å². The maximum atomic E-state index is 13.2. The molecule has 0 bridgehead atoms. The summed E-state index contributed by atoms with van der Waals surface area (Å²) >= 11 is 0. The minimum atomic E-state index is -0.161. The van der Waals surface area contributed by atoms with Crippen LogP contribution >= 0.6 is 0 Å². The number of allylic oxidation sites excluding steroid dienone is 1. The topological polar surface area (TPSA) is 12.9 Å². The lowest BCUT2D eigenvalue weighted by Gasteiger charge is -2.01. The lowest BCUT2D eigenvalue weighted by atomic mass is 10.0. The molecule has 17 heavy (non-hydrogen) atoms. The zero-order chi connectivity index (χ0) is 11.7. The Labute approximate surface area is 99.6 Å². The SMILES string of the molecule is Fc1ccc2c(c1)/C(=C/c1ccncc1)CC2. The molecule has 1 aliphatic carbocycles. The van der Waals surface area contributed by atoms with Crippen molar-refractivity contribution >= 4 is 11.6 Å². The number of rotatable bonds is 1. The average molecular weight is 225 g/mol. The molecule has 1 aromatic heterocycles. The quantitative estimate of drug-likeness (QED) is 0.721. The molecule has 2 heteroatoms. The summed E-state index contributed by atoms with van der Waals surface area (Å²) in [6.07, 6.45) is 7.66. The monoisotopic (exact) mass is 225 g/mol. The van der Waals surface area contributed by atoms with Crippen LogP contribution in [0.3, 0.4) is 0 Å². The number of hydrogen-bond donors (Lipinski definition) is 0. The predicted molar refractivity (Wildman–Crippen MR) is 66.8 cm³/mol. The number of aromatic nitrogens is 1. The molecule has 0 unspecified atom stereocenters. The van der Waals surface area contributed by atoms with Gasteiger partial charge in [0.05, 0.1) is 0 Å². The van der Waals surface area contributed by atoms with Gasteiger partial charge in [-0.1, -0.05) is 12.1 Å². The minimum absolute atomic E-state index is 0.161. The summed E-state index contributed by atoms with van der Waals surface area (Å²) in [5.74, 6) is -0.161. The zero-order valence-corrected chi connectivity index (χ0v) is 9.36. The molecule has 1 nitrogen and oxygen atoms in total. The summed E-state index contributed by atoms with van der Waals surface area (Å²) < 4.78 is 13.2.